The SMILES string of the molecule is CCC1Oc2ccc(Cl)cc2CN(C2CCOCC2)C1=O. The van der Waals surface area contributed by atoms with Crippen molar-refractivity contribution in [2.24, 2.45) is 0 Å². The van der Waals surface area contributed by atoms with Gasteiger partial charge in [0.05, 0.1) is 0 Å². The Balaban J connectivity index is 1.93. The molecule has 1 aromatic carbocycles. The summed E-state index contributed by atoms with van der Waals surface area (Å²) < 4.78 is 11.3. The van der Waals surface area contributed by atoms with E-state index in [4.69, 9.17) is 21.1 Å². The molecule has 0 aromatic heterocycles. The number of rotatable bonds is 2. The molecule has 5 heteroatoms. The summed E-state index contributed by atoms with van der Waals surface area (Å²) >= 11 is 6.09. The van der Waals surface area contributed by atoms with Crippen molar-refractivity contribution >= 4 is 17.5 Å². The number of hydrogen-bond acceptors (Lipinski definition) is 3. The predicted molar refractivity (Wildman–Crippen MR) is 80.6 cm³/mol. The van der Waals surface area contributed by atoms with E-state index in [0.717, 1.165) is 24.2 Å². The third-order valence-corrected chi connectivity index (χ3v) is 4.43. The van der Waals surface area contributed by atoms with E-state index in [-0.39, 0.29) is 11.9 Å². The summed E-state index contributed by atoms with van der Waals surface area (Å²) in [6.07, 6.45) is 2.03. The number of halogens is 1. The average Bonchev–Trinajstić information content (AvgIpc) is 2.65. The van der Waals surface area contributed by atoms with Crippen molar-refractivity contribution in [2.75, 3.05) is 13.2 Å². The Labute approximate surface area is 130 Å². The third-order valence-electron chi connectivity index (χ3n) is 4.19. The van der Waals surface area contributed by atoms with Crippen molar-refractivity contribution in [3.8, 4) is 5.75 Å². The smallest absolute Gasteiger partial charge is 0.264 e. The number of amides is 1. The zero-order chi connectivity index (χ0) is 14.8. The van der Waals surface area contributed by atoms with Crippen molar-refractivity contribution in [1.82, 2.24) is 4.90 Å². The van der Waals surface area contributed by atoms with Gasteiger partial charge in [0, 0.05) is 36.4 Å². The Morgan fingerprint density at radius 2 is 2.10 bits per heavy atom. The largest absolute Gasteiger partial charge is 0.480 e. The zero-order valence-electron chi connectivity index (χ0n) is 12.2. The monoisotopic (exact) mass is 309 g/mol. The van der Waals surface area contributed by atoms with Crippen LogP contribution >= 0.6 is 11.6 Å². The van der Waals surface area contributed by atoms with Crippen LogP contribution in [0.25, 0.3) is 0 Å². The Morgan fingerprint density at radius 1 is 1.33 bits per heavy atom. The minimum Gasteiger partial charge on any atom is -0.480 e. The fourth-order valence-electron chi connectivity index (χ4n) is 3.00. The molecule has 2 heterocycles. The van der Waals surface area contributed by atoms with Crippen molar-refractivity contribution in [2.45, 2.75) is 44.9 Å². The molecule has 0 radical (unpaired) electrons. The van der Waals surface area contributed by atoms with E-state index in [1.54, 1.807) is 0 Å². The summed E-state index contributed by atoms with van der Waals surface area (Å²) in [5, 5.41) is 0.673. The number of carbonyl (C=O) groups excluding carboxylic acids is 1. The highest BCUT2D eigenvalue weighted by molar-refractivity contribution is 6.30. The molecule has 2 aliphatic heterocycles. The highest BCUT2D eigenvalue weighted by atomic mass is 35.5. The molecule has 1 amide bonds. The number of carbonyl (C=O) groups is 1. The Kier molecular flexibility index (Phi) is 4.36. The van der Waals surface area contributed by atoms with Crippen LogP contribution in [0.5, 0.6) is 5.75 Å². The van der Waals surface area contributed by atoms with Gasteiger partial charge in [-0.2, -0.15) is 0 Å². The maximum Gasteiger partial charge on any atom is 0.264 e. The van der Waals surface area contributed by atoms with Crippen LogP contribution in [0.3, 0.4) is 0 Å². The summed E-state index contributed by atoms with van der Waals surface area (Å²) in [5.41, 5.74) is 0.985. The quantitative estimate of drug-likeness (QED) is 0.843. The van der Waals surface area contributed by atoms with Gasteiger partial charge in [-0.25, -0.2) is 0 Å². The summed E-state index contributed by atoms with van der Waals surface area (Å²) in [7, 11) is 0. The first-order valence-corrected chi connectivity index (χ1v) is 7.90. The fraction of sp³-hybridized carbons (Fsp3) is 0.562. The van der Waals surface area contributed by atoms with Crippen LogP contribution in [0.4, 0.5) is 0 Å². The first-order chi connectivity index (χ1) is 10.2. The second-order valence-corrected chi connectivity index (χ2v) is 6.01. The number of benzene rings is 1. The van der Waals surface area contributed by atoms with Gasteiger partial charge in [0.2, 0.25) is 0 Å². The molecule has 3 rings (SSSR count). The molecule has 114 valence electrons. The minimum atomic E-state index is -0.407. The number of hydrogen-bond donors (Lipinski definition) is 0. The van der Waals surface area contributed by atoms with Gasteiger partial charge in [0.15, 0.2) is 6.10 Å². The summed E-state index contributed by atoms with van der Waals surface area (Å²) in [5.74, 6) is 0.853. The van der Waals surface area contributed by atoms with E-state index in [2.05, 4.69) is 0 Å². The molecule has 1 fully saturated rings. The standard InChI is InChI=1S/C16H20ClNO3/c1-2-14-16(19)18(13-5-7-20-8-6-13)10-11-9-12(17)3-4-15(11)21-14/h3-4,9,13-14H,2,5-8,10H2,1H3. The van der Waals surface area contributed by atoms with Crippen LogP contribution in [-0.2, 0) is 16.1 Å². The van der Waals surface area contributed by atoms with Crippen LogP contribution in [0.15, 0.2) is 18.2 Å². The Morgan fingerprint density at radius 3 is 2.81 bits per heavy atom. The fourth-order valence-corrected chi connectivity index (χ4v) is 3.20. The molecule has 0 spiro atoms. The second-order valence-electron chi connectivity index (χ2n) is 5.58. The molecule has 1 atom stereocenters. The highest BCUT2D eigenvalue weighted by Crippen LogP contribution is 2.31. The molecule has 0 N–H and O–H groups in total. The molecule has 1 unspecified atom stereocenters. The van der Waals surface area contributed by atoms with Crippen LogP contribution in [0, 0.1) is 0 Å². The maximum absolute atomic E-state index is 12.8. The Hall–Kier alpha value is -1.26. The summed E-state index contributed by atoms with van der Waals surface area (Å²) in [4.78, 5) is 14.7. The average molecular weight is 310 g/mol. The van der Waals surface area contributed by atoms with Gasteiger partial charge >= 0.3 is 0 Å². The number of nitrogens with zero attached hydrogens (tertiary/aromatic N) is 1. The van der Waals surface area contributed by atoms with E-state index < -0.39 is 6.10 Å². The topological polar surface area (TPSA) is 38.8 Å². The molecular weight excluding hydrogens is 290 g/mol. The van der Waals surface area contributed by atoms with Gasteiger partial charge < -0.3 is 14.4 Å². The summed E-state index contributed by atoms with van der Waals surface area (Å²) in [6, 6.07) is 5.80. The van der Waals surface area contributed by atoms with Crippen LogP contribution in [-0.4, -0.2) is 36.2 Å². The van der Waals surface area contributed by atoms with Gasteiger partial charge in [-0.3, -0.25) is 4.79 Å². The summed E-state index contributed by atoms with van der Waals surface area (Å²) in [6.45, 7) is 3.98. The molecule has 0 saturated carbocycles. The maximum atomic E-state index is 12.8. The first kappa shape index (κ1) is 14.7. The minimum absolute atomic E-state index is 0.0803. The molecule has 21 heavy (non-hydrogen) atoms. The lowest BCUT2D eigenvalue weighted by molar-refractivity contribution is -0.142. The van der Waals surface area contributed by atoms with Crippen molar-refractivity contribution in [3.05, 3.63) is 28.8 Å². The van der Waals surface area contributed by atoms with Crippen molar-refractivity contribution in [1.29, 1.82) is 0 Å². The van der Waals surface area contributed by atoms with Gasteiger partial charge in [-0.15, -0.1) is 0 Å². The molecular formula is C16H20ClNO3. The van der Waals surface area contributed by atoms with E-state index in [9.17, 15) is 4.79 Å². The third kappa shape index (κ3) is 3.01. The van der Waals surface area contributed by atoms with Crippen molar-refractivity contribution < 1.29 is 14.3 Å². The van der Waals surface area contributed by atoms with E-state index in [0.29, 0.717) is 31.2 Å². The predicted octanol–water partition coefficient (Wildman–Crippen LogP) is 3.02. The Bertz CT molecular complexity index is 528. The number of ether oxygens (including phenoxy) is 2. The molecule has 0 bridgehead atoms. The molecule has 2 aliphatic rings. The van der Waals surface area contributed by atoms with Crippen LogP contribution in [0.2, 0.25) is 5.02 Å². The lowest BCUT2D eigenvalue weighted by Crippen LogP contribution is -2.47. The van der Waals surface area contributed by atoms with Crippen LogP contribution in [0.1, 0.15) is 31.7 Å². The lowest BCUT2D eigenvalue weighted by atomic mass is 10.0. The van der Waals surface area contributed by atoms with E-state index >= 15 is 0 Å². The van der Waals surface area contributed by atoms with Gasteiger partial charge in [-0.05, 0) is 37.5 Å². The highest BCUT2D eigenvalue weighted by Gasteiger charge is 2.34. The van der Waals surface area contributed by atoms with Crippen LogP contribution < -0.4 is 4.74 Å². The van der Waals surface area contributed by atoms with Gasteiger partial charge in [0.25, 0.3) is 5.91 Å². The molecule has 0 aliphatic carbocycles. The van der Waals surface area contributed by atoms with Gasteiger partial charge in [0.1, 0.15) is 5.75 Å². The van der Waals surface area contributed by atoms with E-state index in [1.807, 2.05) is 30.0 Å². The first-order valence-electron chi connectivity index (χ1n) is 7.52. The second kappa shape index (κ2) is 6.24. The van der Waals surface area contributed by atoms with E-state index in [1.165, 1.54) is 0 Å². The lowest BCUT2D eigenvalue weighted by Gasteiger charge is -2.34. The van der Waals surface area contributed by atoms with Gasteiger partial charge in [-0.1, -0.05) is 18.5 Å². The normalized spacial score (nSPS) is 23.4. The molecule has 1 aromatic rings. The van der Waals surface area contributed by atoms with Crippen molar-refractivity contribution in [3.63, 3.8) is 0 Å². The molecule has 4 nitrogen and oxygen atoms in total. The molecule has 1 saturated heterocycles. The zero-order valence-corrected chi connectivity index (χ0v) is 12.9. The number of fused-ring (bicyclic) bond motifs is 1.